The third kappa shape index (κ3) is 16.3. The number of benzene rings is 1. The number of non-ortho nitro benzene ring substituents is 1. The van der Waals surface area contributed by atoms with Gasteiger partial charge < -0.3 is 20.9 Å². The molecule has 0 bridgehead atoms. The van der Waals surface area contributed by atoms with Gasteiger partial charge in [-0.3, -0.25) is 15.4 Å². The normalized spacial score (nSPS) is 7.85. The molecule has 0 radical (unpaired) electrons. The largest absolute Gasteiger partial charge is 0.465 e. The van der Waals surface area contributed by atoms with E-state index in [0.29, 0.717) is 5.69 Å². The van der Waals surface area contributed by atoms with Crippen LogP contribution in [-0.4, -0.2) is 32.3 Å². The van der Waals surface area contributed by atoms with Crippen molar-refractivity contribution in [2.75, 3.05) is 5.32 Å². The second kappa shape index (κ2) is 15.9. The van der Waals surface area contributed by atoms with Gasteiger partial charge >= 0.3 is 12.2 Å². The van der Waals surface area contributed by atoms with Crippen LogP contribution in [0.1, 0.15) is 5.56 Å². The zero-order valence-corrected chi connectivity index (χ0v) is 18.3. The Labute approximate surface area is 175 Å². The molecular weight excluding hydrogens is 468 g/mol. The van der Waals surface area contributed by atoms with Gasteiger partial charge in [-0.25, -0.2) is 9.59 Å². The summed E-state index contributed by atoms with van der Waals surface area (Å²) in [5, 5.41) is 27.8. The maximum Gasteiger partial charge on any atom is 0.409 e. The van der Waals surface area contributed by atoms with Crippen molar-refractivity contribution < 1.29 is 52.0 Å². The predicted octanol–water partition coefficient (Wildman–Crippen LogP) is 2.99. The first-order valence-electron chi connectivity index (χ1n) is 6.17. The van der Waals surface area contributed by atoms with Crippen molar-refractivity contribution in [3.63, 3.8) is 0 Å². The van der Waals surface area contributed by atoms with E-state index in [2.05, 4.69) is 23.0 Å². The number of nitro groups is 1. The number of halogens is 1. The second-order valence-corrected chi connectivity index (χ2v) is 3.93. The fourth-order valence-electron chi connectivity index (χ4n) is 1.19. The quantitative estimate of drug-likeness (QED) is 0.220. The molecule has 0 saturated heterocycles. The Morgan fingerprint density at radius 2 is 1.69 bits per heavy atom. The van der Waals surface area contributed by atoms with Crippen molar-refractivity contribution in [3.05, 3.63) is 71.4 Å². The molecule has 0 atom stereocenters. The fraction of sp³-hybridized carbons (Fsp3) is 0. The maximum absolute atomic E-state index is 10.2. The van der Waals surface area contributed by atoms with Gasteiger partial charge in [0.1, 0.15) is 0 Å². The Balaban J connectivity index is -0.000000346. The minimum Gasteiger partial charge on any atom is -0.465 e. The third-order valence-electron chi connectivity index (χ3n) is 2.05. The van der Waals surface area contributed by atoms with Crippen molar-refractivity contribution in [3.8, 4) is 0 Å². The first kappa shape index (κ1) is 28.2. The van der Waals surface area contributed by atoms with E-state index < -0.39 is 17.1 Å². The summed E-state index contributed by atoms with van der Waals surface area (Å²) in [4.78, 5) is 32.4. The first-order valence-corrected chi connectivity index (χ1v) is 6.17. The first-order chi connectivity index (χ1) is 11.2. The molecular formula is C14H16CdClN4O6-. The zero-order valence-electron chi connectivity index (χ0n) is 13.4. The van der Waals surface area contributed by atoms with Gasteiger partial charge in [-0.15, -0.1) is 18.5 Å². The van der Waals surface area contributed by atoms with Gasteiger partial charge in [0, 0.05) is 45.1 Å². The summed E-state index contributed by atoms with van der Waals surface area (Å²) in [6.07, 6.45) is 0.920. The van der Waals surface area contributed by atoms with E-state index in [1.807, 2.05) is 12.1 Å². The molecule has 0 spiro atoms. The number of nitrogens with two attached hydrogens (primary N) is 1. The molecule has 138 valence electrons. The SMILES string of the molecule is Cl.NC(=O)O.O=C(O)Nc1ccc([N+](=O)[O-])cc1.[CH2-]c1cccnc1.[Cd]. The van der Waals surface area contributed by atoms with Gasteiger partial charge in [0.05, 0.1) is 4.92 Å². The Morgan fingerprint density at radius 1 is 1.19 bits per heavy atom. The summed E-state index contributed by atoms with van der Waals surface area (Å²) in [6, 6.07) is 8.88. The van der Waals surface area contributed by atoms with E-state index in [1.54, 1.807) is 12.4 Å². The van der Waals surface area contributed by atoms with Gasteiger partial charge in [0.25, 0.3) is 5.69 Å². The molecule has 0 unspecified atom stereocenters. The number of nitrogens with one attached hydrogen (secondary N) is 1. The number of pyridine rings is 1. The molecule has 1 aromatic carbocycles. The number of anilines is 1. The predicted molar refractivity (Wildman–Crippen MR) is 92.9 cm³/mol. The Morgan fingerprint density at radius 3 is 1.96 bits per heavy atom. The van der Waals surface area contributed by atoms with Crippen LogP contribution >= 0.6 is 12.4 Å². The molecule has 0 saturated carbocycles. The van der Waals surface area contributed by atoms with Gasteiger partial charge in [-0.2, -0.15) is 18.6 Å². The van der Waals surface area contributed by atoms with Crippen LogP contribution in [0, 0.1) is 17.0 Å². The second-order valence-electron chi connectivity index (χ2n) is 3.93. The maximum atomic E-state index is 10.2. The Hall–Kier alpha value is -2.61. The minimum atomic E-state index is -1.33. The van der Waals surface area contributed by atoms with Crippen LogP contribution in [0.25, 0.3) is 0 Å². The molecule has 2 aromatic rings. The van der Waals surface area contributed by atoms with Gasteiger partial charge in [0.2, 0.25) is 0 Å². The summed E-state index contributed by atoms with van der Waals surface area (Å²) in [6.45, 7) is 3.66. The number of amides is 2. The third-order valence-corrected chi connectivity index (χ3v) is 2.05. The summed E-state index contributed by atoms with van der Waals surface area (Å²) in [5.74, 6) is 0. The molecule has 0 aliphatic carbocycles. The number of aromatic nitrogens is 1. The molecule has 5 N–H and O–H groups in total. The molecule has 1 aromatic heterocycles. The van der Waals surface area contributed by atoms with Crippen molar-refractivity contribution in [1.29, 1.82) is 0 Å². The van der Waals surface area contributed by atoms with Gasteiger partial charge in [-0.1, -0.05) is 6.20 Å². The van der Waals surface area contributed by atoms with Crippen LogP contribution in [-0.2, 0) is 27.3 Å². The zero-order chi connectivity index (χ0) is 18.5. The van der Waals surface area contributed by atoms with Crippen LogP contribution in [0.4, 0.5) is 21.0 Å². The van der Waals surface area contributed by atoms with E-state index in [1.165, 1.54) is 24.3 Å². The number of primary amides is 1. The number of carbonyl (C=O) groups is 2. The van der Waals surface area contributed by atoms with E-state index in [4.69, 9.17) is 15.0 Å². The molecule has 10 nitrogen and oxygen atoms in total. The summed E-state index contributed by atoms with van der Waals surface area (Å²) in [7, 11) is 0. The minimum absolute atomic E-state index is 0. The molecule has 1 heterocycles. The number of hydrogen-bond donors (Lipinski definition) is 4. The number of carboxylic acid groups (broad SMARTS) is 2. The molecule has 2 amide bonds. The molecule has 26 heavy (non-hydrogen) atoms. The van der Waals surface area contributed by atoms with Crippen LogP contribution < -0.4 is 11.1 Å². The van der Waals surface area contributed by atoms with Gasteiger partial charge in [0.15, 0.2) is 0 Å². The fourth-order valence-corrected chi connectivity index (χ4v) is 1.19. The molecule has 2 rings (SSSR count). The summed E-state index contributed by atoms with van der Waals surface area (Å²) in [5.41, 5.74) is 5.22. The van der Waals surface area contributed by atoms with Crippen LogP contribution in [0.15, 0.2) is 48.8 Å². The Kier molecular flexibility index (Phi) is 17.2. The van der Waals surface area contributed by atoms with Crippen molar-refractivity contribution in [2.24, 2.45) is 5.73 Å². The number of hydrogen-bond acceptors (Lipinski definition) is 5. The smallest absolute Gasteiger partial charge is 0.409 e. The average Bonchev–Trinajstić information content (AvgIpc) is 2.48. The van der Waals surface area contributed by atoms with Crippen LogP contribution in [0.2, 0.25) is 0 Å². The standard InChI is InChI=1S/C7H6N2O4.C6H6N.CH3NO2.Cd.ClH/c10-7(11)8-5-1-3-6(4-2-5)9(12)13;1-6-3-2-4-7-5-6;2-1(3)4;;/h1-4,8H,(H,10,11);2-5H,1H2;2H2,(H,3,4);;1H/q;-1;;;. The molecule has 0 aliphatic heterocycles. The molecule has 0 aliphatic rings. The number of rotatable bonds is 2. The average molecular weight is 484 g/mol. The Bertz CT molecular complexity index is 669. The molecule has 12 heteroatoms. The van der Waals surface area contributed by atoms with E-state index in [0.717, 1.165) is 5.56 Å². The monoisotopic (exact) mass is 485 g/mol. The van der Waals surface area contributed by atoms with E-state index in [-0.39, 0.29) is 45.4 Å². The summed E-state index contributed by atoms with van der Waals surface area (Å²) < 4.78 is 0. The van der Waals surface area contributed by atoms with E-state index in [9.17, 15) is 14.9 Å². The molecule has 0 fully saturated rings. The van der Waals surface area contributed by atoms with Gasteiger partial charge in [-0.05, 0) is 18.3 Å². The van der Waals surface area contributed by atoms with Crippen molar-refractivity contribution in [2.45, 2.75) is 0 Å². The van der Waals surface area contributed by atoms with Crippen molar-refractivity contribution >= 4 is 36.0 Å². The summed E-state index contributed by atoms with van der Waals surface area (Å²) >= 11 is 0. The van der Waals surface area contributed by atoms with Crippen LogP contribution in [0.3, 0.4) is 0 Å². The number of nitrogens with zero attached hydrogens (tertiary/aromatic N) is 2. The number of nitro benzene ring substituents is 1. The van der Waals surface area contributed by atoms with Crippen molar-refractivity contribution in [1.82, 2.24) is 4.98 Å². The topological polar surface area (TPSA) is 169 Å². The van der Waals surface area contributed by atoms with Crippen LogP contribution in [0.5, 0.6) is 0 Å². The van der Waals surface area contributed by atoms with E-state index >= 15 is 0 Å².